The molecular formula is C25H42ClN7O3S. The van der Waals surface area contributed by atoms with Gasteiger partial charge in [0.25, 0.3) is 0 Å². The lowest BCUT2D eigenvalue weighted by Gasteiger charge is -2.45. The number of thioether (sulfide) groups is 1. The second kappa shape index (κ2) is 11.1. The van der Waals surface area contributed by atoms with Gasteiger partial charge in [-0.1, -0.05) is 0 Å². The van der Waals surface area contributed by atoms with Crippen molar-refractivity contribution in [1.82, 2.24) is 36.6 Å². The van der Waals surface area contributed by atoms with Crippen molar-refractivity contribution in [3.8, 4) is 0 Å². The molecule has 6 aliphatic rings. The van der Waals surface area contributed by atoms with Crippen LogP contribution in [-0.4, -0.2) is 109 Å². The van der Waals surface area contributed by atoms with Gasteiger partial charge in [0.05, 0.1) is 23.4 Å². The average Bonchev–Trinajstić information content (AvgIpc) is 3.29. The van der Waals surface area contributed by atoms with Crippen molar-refractivity contribution in [1.29, 1.82) is 0 Å². The first-order chi connectivity index (χ1) is 17.9. The summed E-state index contributed by atoms with van der Waals surface area (Å²) in [5, 5.41) is 16.3. The van der Waals surface area contributed by atoms with Crippen LogP contribution in [0.3, 0.4) is 0 Å². The Labute approximate surface area is 229 Å². The van der Waals surface area contributed by atoms with Gasteiger partial charge in [-0.25, -0.2) is 5.01 Å². The fourth-order valence-electron chi connectivity index (χ4n) is 7.13. The predicted octanol–water partition coefficient (Wildman–Crippen LogP) is -0.296. The van der Waals surface area contributed by atoms with E-state index >= 15 is 0 Å². The predicted molar refractivity (Wildman–Crippen MR) is 144 cm³/mol. The fraction of sp³-hybridized carbons (Fsp3) is 0.920. The van der Waals surface area contributed by atoms with E-state index in [1.165, 1.54) is 12.8 Å². The van der Waals surface area contributed by atoms with Crippen LogP contribution in [0.4, 0.5) is 0 Å². The quantitative estimate of drug-likeness (QED) is 0.223. The van der Waals surface area contributed by atoms with Crippen LogP contribution in [0, 0.1) is 23.7 Å². The summed E-state index contributed by atoms with van der Waals surface area (Å²) in [6.45, 7) is 6.63. The lowest BCUT2D eigenvalue weighted by Crippen LogP contribution is -2.57. The number of ether oxygens (including phenoxy) is 1. The summed E-state index contributed by atoms with van der Waals surface area (Å²) in [6, 6.07) is 1.21. The second-order valence-corrected chi connectivity index (χ2v) is 13.8. The number of methoxy groups -OCH3 is 1. The molecule has 5 N–H and O–H groups in total. The molecule has 10 unspecified atom stereocenters. The minimum absolute atomic E-state index is 0.0524. The minimum Gasteiger partial charge on any atom is -0.380 e. The molecule has 1 aliphatic carbocycles. The summed E-state index contributed by atoms with van der Waals surface area (Å²) < 4.78 is 5.81. The zero-order valence-electron chi connectivity index (χ0n) is 21.8. The normalized spacial score (nSPS) is 44.7. The van der Waals surface area contributed by atoms with Crippen LogP contribution in [0.25, 0.3) is 0 Å². The molecule has 208 valence electrons. The van der Waals surface area contributed by atoms with E-state index in [2.05, 4.69) is 38.6 Å². The lowest BCUT2D eigenvalue weighted by molar-refractivity contribution is -0.134. The van der Waals surface area contributed by atoms with Crippen molar-refractivity contribution in [2.24, 2.45) is 23.7 Å². The Bertz CT molecular complexity index is 854. The highest BCUT2D eigenvalue weighted by Gasteiger charge is 2.48. The van der Waals surface area contributed by atoms with Gasteiger partial charge < -0.3 is 20.3 Å². The standard InChI is InChI=1S/C25H42ClN7O3S/c1-13-5-16(17-6-22(26)28-9-20(17)36-2)18(8-27-13)23(34)31-25-30-19-11-32(12-21(19)37-25)24(35)14-7-29-33(10-14)15-3-4-15/h13-22,25,27-30H,3-12H2,1-2H3,(H,31,34). The van der Waals surface area contributed by atoms with Gasteiger partial charge >= 0.3 is 0 Å². The number of fused-ring (bicyclic) bond motifs is 1. The number of hydrazine groups is 1. The van der Waals surface area contributed by atoms with Gasteiger partial charge in [-0.2, -0.15) is 0 Å². The molecule has 10 nitrogen and oxygen atoms in total. The number of amides is 2. The van der Waals surface area contributed by atoms with Gasteiger partial charge in [0, 0.05) is 69.8 Å². The van der Waals surface area contributed by atoms with Crippen LogP contribution in [0.5, 0.6) is 0 Å². The van der Waals surface area contributed by atoms with Crippen molar-refractivity contribution in [2.75, 3.05) is 46.4 Å². The van der Waals surface area contributed by atoms with Crippen LogP contribution in [0.2, 0.25) is 0 Å². The van der Waals surface area contributed by atoms with Crippen molar-refractivity contribution >= 4 is 35.2 Å². The first-order valence-corrected chi connectivity index (χ1v) is 15.4. The Morgan fingerprint density at radius 3 is 2.65 bits per heavy atom. The van der Waals surface area contributed by atoms with Crippen molar-refractivity contribution in [3.63, 3.8) is 0 Å². The van der Waals surface area contributed by atoms with Crippen LogP contribution >= 0.6 is 23.4 Å². The molecule has 0 aromatic carbocycles. The van der Waals surface area contributed by atoms with Crippen LogP contribution in [0.1, 0.15) is 32.6 Å². The zero-order valence-corrected chi connectivity index (χ0v) is 23.4. The fourth-order valence-corrected chi connectivity index (χ4v) is 8.83. The minimum atomic E-state index is -0.120. The number of piperidine rings is 2. The number of halogens is 1. The number of carbonyl (C=O) groups is 2. The largest absolute Gasteiger partial charge is 0.380 e. The molecule has 0 aromatic rings. The number of hydrogen-bond donors (Lipinski definition) is 5. The molecule has 6 fully saturated rings. The van der Waals surface area contributed by atoms with Crippen molar-refractivity contribution < 1.29 is 14.3 Å². The lowest BCUT2D eigenvalue weighted by atomic mass is 9.70. The molecule has 0 bridgehead atoms. The number of carbonyl (C=O) groups excluding carboxylic acids is 2. The third-order valence-corrected chi connectivity index (χ3v) is 11.0. The maximum atomic E-state index is 13.6. The van der Waals surface area contributed by atoms with Crippen LogP contribution in [0.15, 0.2) is 0 Å². The Morgan fingerprint density at radius 2 is 1.89 bits per heavy atom. The van der Waals surface area contributed by atoms with E-state index < -0.39 is 0 Å². The van der Waals surface area contributed by atoms with Gasteiger partial charge in [-0.05, 0) is 44.4 Å². The number of likely N-dealkylation sites (tertiary alicyclic amines) is 1. The SMILES string of the molecule is COC1CNC(Cl)CC1C1CC(C)NCC1C(=O)NC1NC2CN(C(=O)C3CNN(C4CC4)C3)CC2S1. The Kier molecular flexibility index (Phi) is 7.95. The monoisotopic (exact) mass is 555 g/mol. The summed E-state index contributed by atoms with van der Waals surface area (Å²) in [4.78, 5) is 28.8. The van der Waals surface area contributed by atoms with E-state index in [0.717, 1.165) is 45.6 Å². The first-order valence-electron chi connectivity index (χ1n) is 14.0. The van der Waals surface area contributed by atoms with E-state index in [9.17, 15) is 9.59 Å². The first kappa shape index (κ1) is 26.6. The molecular weight excluding hydrogens is 514 g/mol. The molecule has 0 spiro atoms. The maximum absolute atomic E-state index is 13.6. The molecule has 12 heteroatoms. The molecule has 37 heavy (non-hydrogen) atoms. The zero-order chi connectivity index (χ0) is 25.7. The van der Waals surface area contributed by atoms with E-state index in [0.29, 0.717) is 23.9 Å². The van der Waals surface area contributed by atoms with E-state index in [4.69, 9.17) is 16.3 Å². The van der Waals surface area contributed by atoms with Gasteiger partial charge in [-0.15, -0.1) is 23.4 Å². The number of nitrogens with one attached hydrogen (secondary N) is 5. The number of alkyl halides is 1. The molecule has 10 atom stereocenters. The van der Waals surface area contributed by atoms with E-state index in [1.54, 1.807) is 18.9 Å². The van der Waals surface area contributed by atoms with E-state index in [-0.39, 0.29) is 58.6 Å². The van der Waals surface area contributed by atoms with Gasteiger partial charge in [0.15, 0.2) is 0 Å². The Hall–Kier alpha value is -0.660. The number of rotatable bonds is 6. The average molecular weight is 556 g/mol. The summed E-state index contributed by atoms with van der Waals surface area (Å²) in [6.07, 6.45) is 4.29. The third kappa shape index (κ3) is 5.66. The highest BCUT2D eigenvalue weighted by Crippen LogP contribution is 2.39. The van der Waals surface area contributed by atoms with Crippen molar-refractivity contribution in [2.45, 2.75) is 73.1 Å². The topological polar surface area (TPSA) is 110 Å². The summed E-state index contributed by atoms with van der Waals surface area (Å²) >= 11 is 8.23. The molecule has 0 radical (unpaired) electrons. The number of nitrogens with zero attached hydrogens (tertiary/aromatic N) is 2. The molecule has 6 rings (SSSR count). The third-order valence-electron chi connectivity index (χ3n) is 9.34. The summed E-state index contributed by atoms with van der Waals surface area (Å²) in [5.41, 5.74) is 3.21. The molecule has 0 aromatic heterocycles. The highest BCUT2D eigenvalue weighted by atomic mass is 35.5. The van der Waals surface area contributed by atoms with Gasteiger partial charge in [0.1, 0.15) is 5.50 Å². The maximum Gasteiger partial charge on any atom is 0.228 e. The molecule has 5 aliphatic heterocycles. The molecule has 1 saturated carbocycles. The Balaban J connectivity index is 1.02. The summed E-state index contributed by atoms with van der Waals surface area (Å²) in [5.74, 6) is 0.768. The van der Waals surface area contributed by atoms with Crippen LogP contribution in [-0.2, 0) is 14.3 Å². The van der Waals surface area contributed by atoms with Crippen LogP contribution < -0.4 is 26.7 Å². The Morgan fingerprint density at radius 1 is 1.05 bits per heavy atom. The second-order valence-electron chi connectivity index (χ2n) is 11.9. The number of hydrogen-bond acceptors (Lipinski definition) is 9. The van der Waals surface area contributed by atoms with Gasteiger partial charge in [0.2, 0.25) is 11.8 Å². The molecule has 5 heterocycles. The smallest absolute Gasteiger partial charge is 0.228 e. The van der Waals surface area contributed by atoms with E-state index in [1.807, 2.05) is 4.90 Å². The van der Waals surface area contributed by atoms with Crippen molar-refractivity contribution in [3.05, 3.63) is 0 Å². The molecule has 5 saturated heterocycles. The van der Waals surface area contributed by atoms with Gasteiger partial charge in [-0.3, -0.25) is 25.6 Å². The summed E-state index contributed by atoms with van der Waals surface area (Å²) in [7, 11) is 1.76. The molecule has 2 amide bonds. The highest BCUT2D eigenvalue weighted by molar-refractivity contribution is 8.00.